The van der Waals surface area contributed by atoms with Gasteiger partial charge in [0.1, 0.15) is 11.5 Å². The molecule has 4 aromatic rings. The predicted molar refractivity (Wildman–Crippen MR) is 114 cm³/mol. The molecule has 0 radical (unpaired) electrons. The minimum absolute atomic E-state index is 0.0848. The zero-order valence-corrected chi connectivity index (χ0v) is 16.7. The van der Waals surface area contributed by atoms with E-state index in [9.17, 15) is 23.3 Å². The molecule has 0 unspecified atom stereocenters. The van der Waals surface area contributed by atoms with Gasteiger partial charge in [0.15, 0.2) is 5.69 Å². The minimum Gasteiger partial charge on any atom is -0.455 e. The van der Waals surface area contributed by atoms with Crippen LogP contribution in [0, 0.1) is 10.1 Å². The third kappa shape index (κ3) is 5.21. The molecule has 0 amide bonds. The summed E-state index contributed by atoms with van der Waals surface area (Å²) in [6.07, 6.45) is -3.44. The smallest absolute Gasteiger partial charge is 0.433 e. The number of non-ortho nitro benzene ring substituents is 1. The molecule has 0 fully saturated rings. The van der Waals surface area contributed by atoms with Gasteiger partial charge in [-0.3, -0.25) is 10.1 Å². The fraction of sp³-hybridized carbons (Fsp3) is 0.0455. The van der Waals surface area contributed by atoms with E-state index in [2.05, 4.69) is 20.5 Å². The molecule has 0 aliphatic rings. The molecule has 11 heteroatoms. The van der Waals surface area contributed by atoms with Crippen LogP contribution in [0.15, 0.2) is 82.3 Å². The number of anilines is 1. The standard InChI is InChI=1S/C22H14F3N5O3/c23-22(24,25)20-12-18(14-5-2-1-3-6-14)27-21(28-20)29-26-13-17-9-10-19(33-17)15-7-4-8-16(11-15)30(31)32/h1-13H,(H,27,28,29)/b26-13+. The van der Waals surface area contributed by atoms with Crippen LogP contribution in [0.4, 0.5) is 24.8 Å². The number of aromatic nitrogens is 2. The number of alkyl halides is 3. The largest absolute Gasteiger partial charge is 0.455 e. The van der Waals surface area contributed by atoms with Gasteiger partial charge in [-0.1, -0.05) is 42.5 Å². The first-order chi connectivity index (χ1) is 15.8. The summed E-state index contributed by atoms with van der Waals surface area (Å²) in [7, 11) is 0. The van der Waals surface area contributed by atoms with Crippen LogP contribution in [0.5, 0.6) is 0 Å². The Labute approximate surface area is 184 Å². The van der Waals surface area contributed by atoms with E-state index >= 15 is 0 Å². The quantitative estimate of drug-likeness (QED) is 0.225. The van der Waals surface area contributed by atoms with Crippen LogP contribution in [-0.2, 0) is 6.18 Å². The van der Waals surface area contributed by atoms with Gasteiger partial charge in [0.25, 0.3) is 5.69 Å². The molecule has 2 heterocycles. The Kier molecular flexibility index (Phi) is 5.85. The van der Waals surface area contributed by atoms with Crippen molar-refractivity contribution in [3.05, 3.63) is 94.4 Å². The van der Waals surface area contributed by atoms with E-state index in [0.29, 0.717) is 16.9 Å². The monoisotopic (exact) mass is 453 g/mol. The first-order valence-corrected chi connectivity index (χ1v) is 9.45. The van der Waals surface area contributed by atoms with Crippen molar-refractivity contribution in [2.75, 3.05) is 5.43 Å². The molecule has 0 saturated carbocycles. The highest BCUT2D eigenvalue weighted by molar-refractivity contribution is 5.78. The van der Waals surface area contributed by atoms with Crippen molar-refractivity contribution in [2.45, 2.75) is 6.18 Å². The molecule has 0 aliphatic carbocycles. The maximum atomic E-state index is 13.3. The summed E-state index contributed by atoms with van der Waals surface area (Å²) in [5.41, 5.74) is 2.26. The van der Waals surface area contributed by atoms with E-state index in [-0.39, 0.29) is 23.1 Å². The lowest BCUT2D eigenvalue weighted by Crippen LogP contribution is -2.11. The number of hydrogen-bond acceptors (Lipinski definition) is 7. The first-order valence-electron chi connectivity index (χ1n) is 9.45. The molecule has 33 heavy (non-hydrogen) atoms. The van der Waals surface area contributed by atoms with Gasteiger partial charge in [-0.05, 0) is 18.2 Å². The number of furan rings is 1. The molecule has 0 bridgehead atoms. The summed E-state index contributed by atoms with van der Waals surface area (Å²) in [6.45, 7) is 0. The average Bonchev–Trinajstić information content (AvgIpc) is 3.28. The second kappa shape index (κ2) is 8.91. The van der Waals surface area contributed by atoms with Crippen LogP contribution in [0.3, 0.4) is 0 Å². The lowest BCUT2D eigenvalue weighted by atomic mass is 10.1. The number of benzene rings is 2. The van der Waals surface area contributed by atoms with E-state index in [1.165, 1.54) is 24.4 Å². The Morgan fingerprint density at radius 1 is 0.970 bits per heavy atom. The normalized spacial score (nSPS) is 11.6. The molecular formula is C22H14F3N5O3. The van der Waals surface area contributed by atoms with Gasteiger partial charge in [-0.25, -0.2) is 15.4 Å². The van der Waals surface area contributed by atoms with Crippen LogP contribution in [-0.4, -0.2) is 21.1 Å². The van der Waals surface area contributed by atoms with Gasteiger partial charge in [0, 0.05) is 23.3 Å². The van der Waals surface area contributed by atoms with Gasteiger partial charge in [0.05, 0.1) is 16.8 Å². The Balaban J connectivity index is 1.55. The number of nitro benzene ring substituents is 1. The van der Waals surface area contributed by atoms with Crippen molar-refractivity contribution >= 4 is 17.9 Å². The molecule has 0 spiro atoms. The van der Waals surface area contributed by atoms with Crippen LogP contribution >= 0.6 is 0 Å². The Morgan fingerprint density at radius 3 is 2.45 bits per heavy atom. The van der Waals surface area contributed by atoms with Gasteiger partial charge < -0.3 is 4.42 Å². The summed E-state index contributed by atoms with van der Waals surface area (Å²) in [6, 6.07) is 18.3. The zero-order chi connectivity index (χ0) is 23.4. The molecule has 2 aromatic carbocycles. The molecule has 166 valence electrons. The van der Waals surface area contributed by atoms with Gasteiger partial charge >= 0.3 is 6.18 Å². The maximum absolute atomic E-state index is 13.3. The predicted octanol–water partition coefficient (Wildman–Crippen LogP) is 5.78. The van der Waals surface area contributed by atoms with Crippen LogP contribution in [0.1, 0.15) is 11.5 Å². The average molecular weight is 453 g/mol. The van der Waals surface area contributed by atoms with Crippen LogP contribution in [0.25, 0.3) is 22.6 Å². The van der Waals surface area contributed by atoms with E-state index in [4.69, 9.17) is 4.42 Å². The minimum atomic E-state index is -4.67. The Hall–Kier alpha value is -4.54. The summed E-state index contributed by atoms with van der Waals surface area (Å²) in [4.78, 5) is 18.0. The second-order valence-corrected chi connectivity index (χ2v) is 6.71. The van der Waals surface area contributed by atoms with Crippen molar-refractivity contribution in [3.8, 4) is 22.6 Å². The third-order valence-corrected chi connectivity index (χ3v) is 4.41. The number of nitrogens with zero attached hydrogens (tertiary/aromatic N) is 4. The van der Waals surface area contributed by atoms with Crippen molar-refractivity contribution in [1.29, 1.82) is 0 Å². The summed E-state index contributed by atoms with van der Waals surface area (Å²) in [5.74, 6) is 0.284. The zero-order valence-electron chi connectivity index (χ0n) is 16.7. The van der Waals surface area contributed by atoms with Crippen molar-refractivity contribution in [1.82, 2.24) is 9.97 Å². The third-order valence-electron chi connectivity index (χ3n) is 4.41. The van der Waals surface area contributed by atoms with Crippen molar-refractivity contribution < 1.29 is 22.5 Å². The summed E-state index contributed by atoms with van der Waals surface area (Å²) >= 11 is 0. The van der Waals surface area contributed by atoms with E-state index in [0.717, 1.165) is 6.07 Å². The lowest BCUT2D eigenvalue weighted by molar-refractivity contribution is -0.384. The first kappa shape index (κ1) is 21.7. The highest BCUT2D eigenvalue weighted by atomic mass is 19.4. The summed E-state index contributed by atoms with van der Waals surface area (Å²) in [5, 5.41) is 14.8. The van der Waals surface area contributed by atoms with Gasteiger partial charge in [0.2, 0.25) is 5.95 Å². The second-order valence-electron chi connectivity index (χ2n) is 6.71. The molecule has 0 aliphatic heterocycles. The van der Waals surface area contributed by atoms with Crippen molar-refractivity contribution in [3.63, 3.8) is 0 Å². The number of rotatable bonds is 6. The fourth-order valence-electron chi connectivity index (χ4n) is 2.90. The Morgan fingerprint density at radius 2 is 1.73 bits per heavy atom. The van der Waals surface area contributed by atoms with Crippen LogP contribution in [0.2, 0.25) is 0 Å². The topological polar surface area (TPSA) is 106 Å². The summed E-state index contributed by atoms with van der Waals surface area (Å²) < 4.78 is 45.4. The highest BCUT2D eigenvalue weighted by Gasteiger charge is 2.33. The molecule has 2 aromatic heterocycles. The molecular weight excluding hydrogens is 439 g/mol. The maximum Gasteiger partial charge on any atom is 0.433 e. The molecule has 1 N–H and O–H groups in total. The SMILES string of the molecule is O=[N+]([O-])c1cccc(-c2ccc(/C=N/Nc3nc(-c4ccccc4)cc(C(F)(F)F)n3)o2)c1. The molecule has 4 rings (SSSR count). The van der Waals surface area contributed by atoms with E-state index < -0.39 is 16.8 Å². The molecule has 0 saturated heterocycles. The van der Waals surface area contributed by atoms with E-state index in [1.807, 2.05) is 0 Å². The fourth-order valence-corrected chi connectivity index (χ4v) is 2.90. The number of hydrazone groups is 1. The number of hydrogen-bond donors (Lipinski definition) is 1. The van der Waals surface area contributed by atoms with E-state index in [1.54, 1.807) is 48.5 Å². The number of nitrogens with one attached hydrogen (secondary N) is 1. The van der Waals surface area contributed by atoms with Crippen LogP contribution < -0.4 is 5.43 Å². The molecule has 8 nitrogen and oxygen atoms in total. The Bertz CT molecular complexity index is 1320. The number of nitro groups is 1. The van der Waals surface area contributed by atoms with Gasteiger partial charge in [-0.2, -0.15) is 18.3 Å². The van der Waals surface area contributed by atoms with Gasteiger partial charge in [-0.15, -0.1) is 0 Å². The lowest BCUT2D eigenvalue weighted by Gasteiger charge is -2.10. The molecule has 0 atom stereocenters. The number of halogens is 3. The van der Waals surface area contributed by atoms with Crippen molar-refractivity contribution in [2.24, 2.45) is 5.10 Å². The highest BCUT2D eigenvalue weighted by Crippen LogP contribution is 2.31.